The van der Waals surface area contributed by atoms with Crippen molar-refractivity contribution in [2.45, 2.75) is 201 Å². The average molecular weight is 1320 g/mol. The SMILES string of the molecule is CC[C@H](C)C([C@@H](CC(=O)N1CCC[C@H]1[C@H](OC)[C@@H](C)C(=O)N[C@H](C)[C@@H](O)c1ccccc1)OC)N(C)C(=O)[C@H](NC(=O)[C@H](C(C)C)N(C)C(=O)OCc1ccc(NC(=O)[C@H](CCCNC(N)=O)NC(=O)[C@@H](NC(=O)CCCCCN2C(=O)C=CC2=O)C(C)C)cc1)C(C)C. The van der Waals surface area contributed by atoms with E-state index in [0.717, 1.165) is 4.90 Å². The van der Waals surface area contributed by atoms with E-state index in [0.29, 0.717) is 61.9 Å². The lowest BCUT2D eigenvalue weighted by Gasteiger charge is -2.41. The summed E-state index contributed by atoms with van der Waals surface area (Å²) in [6.45, 7) is 18.6. The van der Waals surface area contributed by atoms with E-state index in [2.05, 4.69) is 31.9 Å². The highest BCUT2D eigenvalue weighted by atomic mass is 16.6. The summed E-state index contributed by atoms with van der Waals surface area (Å²) in [7, 11) is 6.08. The van der Waals surface area contributed by atoms with Crippen molar-refractivity contribution in [2.24, 2.45) is 35.3 Å². The predicted molar refractivity (Wildman–Crippen MR) is 353 cm³/mol. The van der Waals surface area contributed by atoms with Crippen LogP contribution < -0.4 is 37.6 Å². The van der Waals surface area contributed by atoms with E-state index >= 15 is 0 Å². The summed E-state index contributed by atoms with van der Waals surface area (Å²) in [6, 6.07) is 8.74. The molecule has 2 aliphatic heterocycles. The standard InChI is InChI=1S/C68H105N11O15/c1-15-43(8)59(51(92-13)38-55(83)78-37-23-27-50(78)61(93-14)44(9)62(85)71-45(10)60(84)47-24-18-16-19-25-47)76(11)66(89)57(41(4)5)75-65(88)58(42(6)7)77(12)68(91)94-39-46-29-31-48(32-30-46)72-63(86)49(26-22-35-70-67(69)90)73-64(87)56(40(2)3)74-52(80)28-20-17-21-36-79-53(81)33-34-54(79)82/h16,18-19,24-25,29-34,40-45,49-51,56-61,84H,15,17,20-23,26-28,35-39H2,1-14H3,(H,71,85)(H,72,86)(H,73,87)(H,74,80)(H,75,88)(H3,69,70,90)/t43-,44+,45+,49-,50-,51+,56-,57+,58-,59?,60+,61+/m0/s1. The highest BCUT2D eigenvalue weighted by molar-refractivity contribution is 6.12. The number of nitrogens with two attached hydrogens (primary N) is 1. The lowest BCUT2D eigenvalue weighted by atomic mass is 9.89. The van der Waals surface area contributed by atoms with E-state index in [1.54, 1.807) is 109 Å². The minimum atomic E-state index is -1.11. The number of aliphatic hydroxyl groups excluding tert-OH is 1. The molecule has 0 aliphatic carbocycles. The largest absolute Gasteiger partial charge is 0.445 e. The van der Waals surface area contributed by atoms with Crippen LogP contribution in [0, 0.1) is 29.6 Å². The summed E-state index contributed by atoms with van der Waals surface area (Å²) in [4.78, 5) is 152. The number of amides is 12. The number of anilines is 1. The van der Waals surface area contributed by atoms with Gasteiger partial charge in [0.1, 0.15) is 30.8 Å². The number of nitrogens with zero attached hydrogens (tertiary/aromatic N) is 4. The smallest absolute Gasteiger partial charge is 0.410 e. The number of unbranched alkanes of at least 4 members (excludes halogenated alkanes) is 2. The molecular weight excluding hydrogens is 1210 g/mol. The zero-order chi connectivity index (χ0) is 70.1. The number of ether oxygens (including phenoxy) is 3. The number of likely N-dealkylation sites (tertiary alicyclic amines) is 1. The van der Waals surface area contributed by atoms with Gasteiger partial charge >= 0.3 is 12.1 Å². The van der Waals surface area contributed by atoms with Crippen molar-refractivity contribution >= 4 is 71.0 Å². The Bertz CT molecular complexity index is 2880. The number of carbonyl (C=O) groups excluding carboxylic acids is 11. The predicted octanol–water partition coefficient (Wildman–Crippen LogP) is 5.08. The van der Waals surface area contributed by atoms with Crippen LogP contribution in [0.25, 0.3) is 0 Å². The van der Waals surface area contributed by atoms with Crippen LogP contribution in [0.1, 0.15) is 151 Å². The molecule has 1 saturated heterocycles. The van der Waals surface area contributed by atoms with E-state index in [4.69, 9.17) is 19.9 Å². The molecule has 0 aromatic heterocycles. The van der Waals surface area contributed by atoms with Crippen LogP contribution in [0.4, 0.5) is 15.3 Å². The molecule has 2 aliphatic rings. The number of hydrogen-bond donors (Lipinski definition) is 8. The molecule has 0 radical (unpaired) electrons. The Kier molecular flexibility index (Phi) is 32.1. The molecule has 2 heterocycles. The van der Waals surface area contributed by atoms with Crippen molar-refractivity contribution in [3.8, 4) is 0 Å². The Morgan fingerprint density at radius 3 is 1.93 bits per heavy atom. The molecule has 26 nitrogen and oxygen atoms in total. The normalized spacial score (nSPS) is 17.4. The van der Waals surface area contributed by atoms with Crippen LogP contribution in [-0.4, -0.2) is 192 Å². The van der Waals surface area contributed by atoms with Crippen molar-refractivity contribution < 1.29 is 72.1 Å². The molecule has 9 N–H and O–H groups in total. The van der Waals surface area contributed by atoms with Crippen molar-refractivity contribution in [3.63, 3.8) is 0 Å². The second kappa shape index (κ2) is 38.4. The van der Waals surface area contributed by atoms with Gasteiger partial charge in [-0.25, -0.2) is 9.59 Å². The minimum absolute atomic E-state index is 0.0841. The van der Waals surface area contributed by atoms with Crippen LogP contribution in [0.15, 0.2) is 66.7 Å². The molecule has 12 amide bonds. The lowest BCUT2D eigenvalue weighted by Crippen LogP contribution is -2.60. The van der Waals surface area contributed by atoms with Gasteiger partial charge in [-0.2, -0.15) is 0 Å². The first-order valence-electron chi connectivity index (χ1n) is 32.9. The molecule has 2 aromatic rings. The third kappa shape index (κ3) is 22.9. The van der Waals surface area contributed by atoms with E-state index in [9.17, 15) is 57.8 Å². The van der Waals surface area contributed by atoms with Crippen LogP contribution in [0.5, 0.6) is 0 Å². The molecule has 0 spiro atoms. The first-order chi connectivity index (χ1) is 44.5. The van der Waals surface area contributed by atoms with Crippen molar-refractivity contribution in [1.29, 1.82) is 0 Å². The molecule has 12 atom stereocenters. The number of hydrogen-bond acceptors (Lipinski definition) is 15. The molecule has 0 saturated carbocycles. The van der Waals surface area contributed by atoms with Crippen LogP contribution in [0.2, 0.25) is 0 Å². The van der Waals surface area contributed by atoms with Crippen molar-refractivity contribution in [2.75, 3.05) is 53.3 Å². The molecule has 1 fully saturated rings. The van der Waals surface area contributed by atoms with Gasteiger partial charge in [-0.3, -0.25) is 53.0 Å². The molecule has 26 heteroatoms. The first-order valence-corrected chi connectivity index (χ1v) is 32.9. The monoisotopic (exact) mass is 1320 g/mol. The third-order valence-electron chi connectivity index (χ3n) is 17.7. The number of urea groups is 1. The maximum absolute atomic E-state index is 14.8. The second-order valence-corrected chi connectivity index (χ2v) is 25.8. The minimum Gasteiger partial charge on any atom is -0.445 e. The topological polar surface area (TPSA) is 347 Å². The Morgan fingerprint density at radius 1 is 0.713 bits per heavy atom. The highest BCUT2D eigenvalue weighted by Crippen LogP contribution is 2.31. The van der Waals surface area contributed by atoms with Crippen molar-refractivity contribution in [3.05, 3.63) is 77.9 Å². The van der Waals surface area contributed by atoms with Crippen LogP contribution in [0.3, 0.4) is 0 Å². The van der Waals surface area contributed by atoms with Gasteiger partial charge in [0.25, 0.3) is 11.8 Å². The Hall–Kier alpha value is -7.97. The van der Waals surface area contributed by atoms with Gasteiger partial charge in [-0.15, -0.1) is 0 Å². The zero-order valence-corrected chi connectivity index (χ0v) is 57.4. The Labute approximate surface area is 554 Å². The van der Waals surface area contributed by atoms with Crippen molar-refractivity contribution in [1.82, 2.24) is 46.2 Å². The van der Waals surface area contributed by atoms with E-state index in [1.807, 2.05) is 32.0 Å². The van der Waals surface area contributed by atoms with Gasteiger partial charge in [0, 0.05) is 72.2 Å². The van der Waals surface area contributed by atoms with Gasteiger partial charge in [-0.05, 0) is 92.4 Å². The van der Waals surface area contributed by atoms with Gasteiger partial charge in [-0.1, -0.05) is 118 Å². The van der Waals surface area contributed by atoms with Crippen LogP contribution in [-0.2, 0) is 64.0 Å². The van der Waals surface area contributed by atoms with E-state index in [1.165, 1.54) is 38.3 Å². The number of benzene rings is 2. The summed E-state index contributed by atoms with van der Waals surface area (Å²) in [5, 5.41) is 27.6. The second-order valence-electron chi connectivity index (χ2n) is 25.8. The maximum Gasteiger partial charge on any atom is 0.410 e. The number of methoxy groups -OCH3 is 2. The fourth-order valence-corrected chi connectivity index (χ4v) is 12.1. The molecule has 522 valence electrons. The van der Waals surface area contributed by atoms with Crippen LogP contribution >= 0.6 is 0 Å². The quantitative estimate of drug-likeness (QED) is 0.0321. The third-order valence-corrected chi connectivity index (χ3v) is 17.7. The van der Waals surface area contributed by atoms with Gasteiger partial charge in [0.15, 0.2) is 0 Å². The number of imide groups is 1. The molecule has 94 heavy (non-hydrogen) atoms. The zero-order valence-electron chi connectivity index (χ0n) is 57.4. The molecule has 1 unspecified atom stereocenters. The summed E-state index contributed by atoms with van der Waals surface area (Å²) >= 11 is 0. The number of aliphatic hydroxyl groups is 1. The first kappa shape index (κ1) is 78.5. The molecule has 4 rings (SSSR count). The number of likely N-dealkylation sites (N-methyl/N-ethyl adjacent to an activating group) is 2. The van der Waals surface area contributed by atoms with Gasteiger partial charge in [0.05, 0.1) is 48.8 Å². The number of carbonyl (C=O) groups is 11. The summed E-state index contributed by atoms with van der Waals surface area (Å²) in [5.74, 6) is -6.02. The summed E-state index contributed by atoms with van der Waals surface area (Å²) < 4.78 is 17.7. The summed E-state index contributed by atoms with van der Waals surface area (Å²) in [6.07, 6.45) is 2.94. The average Bonchev–Trinajstić information content (AvgIpc) is 1.33. The van der Waals surface area contributed by atoms with E-state index < -0.39 is 114 Å². The van der Waals surface area contributed by atoms with E-state index in [-0.39, 0.29) is 86.8 Å². The highest BCUT2D eigenvalue weighted by Gasteiger charge is 2.44. The fraction of sp³-hybridized carbons (Fsp3) is 0.632. The molecule has 2 aromatic carbocycles. The number of rotatable bonds is 38. The molecular formula is C68H105N11O15. The Morgan fingerprint density at radius 2 is 1.35 bits per heavy atom. The number of primary amides is 1. The summed E-state index contributed by atoms with van der Waals surface area (Å²) in [5.41, 5.74) is 6.77. The maximum atomic E-state index is 14.8. The van der Waals surface area contributed by atoms with Gasteiger partial charge in [0.2, 0.25) is 41.4 Å². The Balaban J connectivity index is 1.37. The lowest BCUT2D eigenvalue weighted by molar-refractivity contribution is -0.148. The fourth-order valence-electron chi connectivity index (χ4n) is 12.1. The number of nitrogens with one attached hydrogen (secondary N) is 6. The van der Waals surface area contributed by atoms with Gasteiger partial charge < -0.3 is 66.8 Å². The molecule has 0 bridgehead atoms.